The lowest BCUT2D eigenvalue weighted by molar-refractivity contribution is -0.107. The Morgan fingerprint density at radius 3 is 2.93 bits per heavy atom. The van der Waals surface area contributed by atoms with Crippen LogP contribution >= 0.6 is 0 Å². The number of methoxy groups -OCH3 is 1. The largest absolute Gasteiger partial charge is 0.495 e. The zero-order chi connectivity index (χ0) is 10.2. The van der Waals surface area contributed by atoms with E-state index in [0.717, 1.165) is 17.7 Å². The maximum Gasteiger partial charge on any atom is 0.143 e. The fourth-order valence-corrected chi connectivity index (χ4v) is 1.04. The van der Waals surface area contributed by atoms with E-state index in [4.69, 9.17) is 4.74 Å². The molecule has 14 heavy (non-hydrogen) atoms. The van der Waals surface area contributed by atoms with E-state index in [2.05, 4.69) is 10.9 Å². The first-order chi connectivity index (χ1) is 6.88. The number of anilines is 1. The van der Waals surface area contributed by atoms with Crippen LogP contribution in [0.25, 0.3) is 0 Å². The van der Waals surface area contributed by atoms with Crippen molar-refractivity contribution < 1.29 is 9.53 Å². The molecule has 0 fully saturated rings. The number of aldehydes is 1. The number of ether oxygens (including phenoxy) is 1. The minimum absolute atomic E-state index is 0.488. The predicted octanol–water partition coefficient (Wildman–Crippen LogP) is 1.20. The molecule has 0 unspecified atom stereocenters. The van der Waals surface area contributed by atoms with Crippen molar-refractivity contribution in [2.75, 3.05) is 19.1 Å². The quantitative estimate of drug-likeness (QED) is 0.406. The minimum Gasteiger partial charge on any atom is -0.495 e. The number of hydrogen-bond donors (Lipinski definition) is 2. The van der Waals surface area contributed by atoms with Crippen molar-refractivity contribution in [3.05, 3.63) is 24.3 Å². The Morgan fingerprint density at radius 2 is 2.21 bits per heavy atom. The zero-order valence-electron chi connectivity index (χ0n) is 8.12. The van der Waals surface area contributed by atoms with Crippen molar-refractivity contribution in [2.45, 2.75) is 6.42 Å². The molecule has 2 N–H and O–H groups in total. The Balaban J connectivity index is 2.44. The topological polar surface area (TPSA) is 50.4 Å². The van der Waals surface area contributed by atoms with E-state index in [1.165, 1.54) is 0 Å². The van der Waals surface area contributed by atoms with Crippen LogP contribution in [-0.4, -0.2) is 19.9 Å². The van der Waals surface area contributed by atoms with Gasteiger partial charge in [-0.25, -0.2) is 5.43 Å². The molecule has 0 bridgehead atoms. The molecule has 1 rings (SSSR count). The van der Waals surface area contributed by atoms with E-state index in [-0.39, 0.29) is 0 Å². The number of carbonyl (C=O) groups excluding carboxylic acids is 1. The molecule has 4 nitrogen and oxygen atoms in total. The lowest BCUT2D eigenvalue weighted by Gasteiger charge is -2.10. The van der Waals surface area contributed by atoms with Crippen molar-refractivity contribution in [1.29, 1.82) is 0 Å². The average Bonchev–Trinajstić information content (AvgIpc) is 2.25. The number of benzene rings is 1. The molecule has 0 aromatic heterocycles. The molecule has 0 aliphatic carbocycles. The molecule has 1 aromatic carbocycles. The third kappa shape index (κ3) is 3.06. The van der Waals surface area contributed by atoms with Crippen LogP contribution in [0.5, 0.6) is 5.75 Å². The summed E-state index contributed by atoms with van der Waals surface area (Å²) in [4.78, 5) is 10.0. The van der Waals surface area contributed by atoms with Gasteiger partial charge in [0.15, 0.2) is 0 Å². The summed E-state index contributed by atoms with van der Waals surface area (Å²) in [6.07, 6.45) is 1.36. The van der Waals surface area contributed by atoms with Gasteiger partial charge in [0.1, 0.15) is 12.0 Å². The minimum atomic E-state index is 0.488. The van der Waals surface area contributed by atoms with Gasteiger partial charge < -0.3 is 15.0 Å². The van der Waals surface area contributed by atoms with E-state index in [1.807, 2.05) is 24.3 Å². The number of para-hydroxylation sites is 2. The van der Waals surface area contributed by atoms with Crippen molar-refractivity contribution in [2.24, 2.45) is 0 Å². The molecule has 0 aliphatic rings. The molecular weight excluding hydrogens is 180 g/mol. The zero-order valence-corrected chi connectivity index (χ0v) is 8.12. The Morgan fingerprint density at radius 1 is 1.43 bits per heavy atom. The Labute approximate surface area is 83.2 Å². The van der Waals surface area contributed by atoms with Crippen LogP contribution in [0.2, 0.25) is 0 Å². The van der Waals surface area contributed by atoms with Gasteiger partial charge >= 0.3 is 0 Å². The number of hydrogen-bond acceptors (Lipinski definition) is 4. The van der Waals surface area contributed by atoms with E-state index in [1.54, 1.807) is 7.11 Å². The Hall–Kier alpha value is -1.55. The van der Waals surface area contributed by atoms with Gasteiger partial charge in [0, 0.05) is 13.0 Å². The highest BCUT2D eigenvalue weighted by Crippen LogP contribution is 2.21. The number of carbonyl (C=O) groups is 1. The highest BCUT2D eigenvalue weighted by Gasteiger charge is 1.98. The molecular formula is C10H14N2O2. The van der Waals surface area contributed by atoms with Gasteiger partial charge in [-0.15, -0.1) is 0 Å². The monoisotopic (exact) mass is 194 g/mol. The molecule has 0 saturated carbocycles. The third-order valence-electron chi connectivity index (χ3n) is 1.72. The van der Waals surface area contributed by atoms with Crippen molar-refractivity contribution in [3.63, 3.8) is 0 Å². The first-order valence-corrected chi connectivity index (χ1v) is 4.44. The second-order valence-corrected chi connectivity index (χ2v) is 2.71. The first kappa shape index (κ1) is 10.5. The summed E-state index contributed by atoms with van der Waals surface area (Å²) in [5.41, 5.74) is 6.74. The van der Waals surface area contributed by atoms with Gasteiger partial charge in [0.25, 0.3) is 0 Å². The van der Waals surface area contributed by atoms with Crippen LogP contribution in [-0.2, 0) is 4.79 Å². The van der Waals surface area contributed by atoms with Gasteiger partial charge in [-0.2, -0.15) is 0 Å². The van der Waals surface area contributed by atoms with Crippen LogP contribution in [0.3, 0.4) is 0 Å². The molecule has 0 atom stereocenters. The normalized spacial score (nSPS) is 9.50. The van der Waals surface area contributed by atoms with Crippen molar-refractivity contribution >= 4 is 12.0 Å². The molecule has 76 valence electrons. The van der Waals surface area contributed by atoms with Crippen LogP contribution in [0.1, 0.15) is 6.42 Å². The predicted molar refractivity (Wildman–Crippen MR) is 55.3 cm³/mol. The van der Waals surface area contributed by atoms with E-state index in [0.29, 0.717) is 13.0 Å². The summed E-state index contributed by atoms with van der Waals surface area (Å²) in [6.45, 7) is 0.599. The highest BCUT2D eigenvalue weighted by atomic mass is 16.5. The molecule has 0 saturated heterocycles. The second kappa shape index (κ2) is 5.99. The number of hydrazine groups is 1. The van der Waals surface area contributed by atoms with Crippen LogP contribution in [0, 0.1) is 0 Å². The summed E-state index contributed by atoms with van der Waals surface area (Å²) in [6, 6.07) is 7.57. The fourth-order valence-electron chi connectivity index (χ4n) is 1.04. The third-order valence-corrected chi connectivity index (χ3v) is 1.72. The lowest BCUT2D eigenvalue weighted by atomic mass is 10.3. The van der Waals surface area contributed by atoms with Gasteiger partial charge in [0.2, 0.25) is 0 Å². The number of nitrogens with one attached hydrogen (secondary N) is 2. The van der Waals surface area contributed by atoms with E-state index >= 15 is 0 Å². The highest BCUT2D eigenvalue weighted by molar-refractivity contribution is 5.55. The lowest BCUT2D eigenvalue weighted by Crippen LogP contribution is -2.23. The maximum absolute atomic E-state index is 10.0. The van der Waals surface area contributed by atoms with Gasteiger partial charge in [-0.3, -0.25) is 0 Å². The van der Waals surface area contributed by atoms with Gasteiger partial charge in [-0.1, -0.05) is 12.1 Å². The summed E-state index contributed by atoms with van der Waals surface area (Å²) >= 11 is 0. The molecule has 1 aromatic rings. The van der Waals surface area contributed by atoms with E-state index < -0.39 is 0 Å². The molecule has 0 spiro atoms. The molecule has 0 heterocycles. The Bertz CT molecular complexity index is 289. The van der Waals surface area contributed by atoms with Crippen LogP contribution < -0.4 is 15.6 Å². The molecule has 0 amide bonds. The smallest absolute Gasteiger partial charge is 0.143 e. The van der Waals surface area contributed by atoms with E-state index in [9.17, 15) is 4.79 Å². The molecule has 4 heteroatoms. The van der Waals surface area contributed by atoms with Gasteiger partial charge in [0.05, 0.1) is 12.8 Å². The fraction of sp³-hybridized carbons (Fsp3) is 0.300. The summed E-state index contributed by atoms with van der Waals surface area (Å²) in [5, 5.41) is 0. The van der Waals surface area contributed by atoms with Crippen molar-refractivity contribution in [3.8, 4) is 5.75 Å². The standard InChI is InChI=1S/C10H14N2O2/c1-14-10-6-3-2-5-9(10)12-11-7-4-8-13/h2-3,5-6,8,11-12H,4,7H2,1H3. The molecule has 0 radical (unpaired) electrons. The Kier molecular flexibility index (Phi) is 4.50. The van der Waals surface area contributed by atoms with Crippen LogP contribution in [0.15, 0.2) is 24.3 Å². The summed E-state index contributed by atoms with van der Waals surface area (Å²) < 4.78 is 5.13. The summed E-state index contributed by atoms with van der Waals surface area (Å²) in [7, 11) is 1.62. The van der Waals surface area contributed by atoms with Crippen molar-refractivity contribution in [1.82, 2.24) is 5.43 Å². The maximum atomic E-state index is 10.0. The average molecular weight is 194 g/mol. The first-order valence-electron chi connectivity index (χ1n) is 4.44. The van der Waals surface area contributed by atoms with Gasteiger partial charge in [-0.05, 0) is 12.1 Å². The second-order valence-electron chi connectivity index (χ2n) is 2.71. The molecule has 0 aliphatic heterocycles. The van der Waals surface area contributed by atoms with Crippen LogP contribution in [0.4, 0.5) is 5.69 Å². The summed E-state index contributed by atoms with van der Waals surface area (Å²) in [5.74, 6) is 0.770. The number of rotatable bonds is 6. The SMILES string of the molecule is COc1ccccc1NNCCC=O.